The average molecular weight is 465 g/mol. The minimum atomic E-state index is -2.55. The summed E-state index contributed by atoms with van der Waals surface area (Å²) in [6.07, 6.45) is 3.06. The molecule has 1 aromatic rings. The van der Waals surface area contributed by atoms with Crippen LogP contribution in [0.3, 0.4) is 0 Å². The van der Waals surface area contributed by atoms with Crippen LogP contribution in [-0.4, -0.2) is 56.7 Å². The van der Waals surface area contributed by atoms with Crippen molar-refractivity contribution in [2.75, 3.05) is 13.2 Å². The number of phenols is 1. The third kappa shape index (κ3) is 2.48. The van der Waals surface area contributed by atoms with Crippen molar-refractivity contribution in [1.29, 1.82) is 0 Å². The number of aromatic hydroxyl groups is 1. The van der Waals surface area contributed by atoms with Crippen molar-refractivity contribution in [3.05, 3.63) is 51.8 Å². The molecule has 0 radical (unpaired) electrons. The number of ether oxygens (including phenoxy) is 1. The first-order chi connectivity index (χ1) is 16.1. The lowest BCUT2D eigenvalue weighted by Gasteiger charge is -2.48. The molecule has 34 heavy (non-hydrogen) atoms. The second kappa shape index (κ2) is 6.58. The Morgan fingerprint density at radius 2 is 1.82 bits per heavy atom. The lowest BCUT2D eigenvalue weighted by atomic mass is 9.58. The van der Waals surface area contributed by atoms with E-state index in [1.54, 1.807) is 6.07 Å². The highest BCUT2D eigenvalue weighted by molar-refractivity contribution is 6.22. The minimum Gasteiger partial charge on any atom is -0.508 e. The van der Waals surface area contributed by atoms with Gasteiger partial charge in [-0.05, 0) is 47.9 Å². The number of carbonyl (C=O) groups excluding carboxylic acids is 3. The Bertz CT molecular complexity index is 1310. The number of fused-ring (bicyclic) bond motifs is 3. The molecule has 0 bridgehead atoms. The maximum absolute atomic E-state index is 13.5. The van der Waals surface area contributed by atoms with Crippen LogP contribution in [0.1, 0.15) is 36.0 Å². The lowest BCUT2D eigenvalue weighted by Crippen LogP contribution is -2.58. The standard InChI is InChI=1S/C25H23NO8/c26-23(32)19-16(28)5-12-3-10-4-14-13(11-6-24(7-11)8-34-9-24)1-2-15(27)18(14)20(29)17(10)21(30)25(12,33)22(19)31/h1-2,6,10,12,27,29,31,33H,3-5,7-9H2,(H2,26,32)/t10-,12+,25+/m1/s1. The average Bonchev–Trinajstić information content (AvgIpc) is 2.69. The van der Waals surface area contributed by atoms with Crippen LogP contribution in [0.25, 0.3) is 11.3 Å². The molecule has 176 valence electrons. The van der Waals surface area contributed by atoms with Gasteiger partial charge in [0, 0.05) is 23.3 Å². The molecule has 6 N–H and O–H groups in total. The van der Waals surface area contributed by atoms with Gasteiger partial charge < -0.3 is 30.9 Å². The summed E-state index contributed by atoms with van der Waals surface area (Å²) in [6.45, 7) is 1.34. The third-order valence-corrected chi connectivity index (χ3v) is 8.10. The van der Waals surface area contributed by atoms with Crippen LogP contribution in [0.4, 0.5) is 0 Å². The van der Waals surface area contributed by atoms with Gasteiger partial charge in [0.1, 0.15) is 22.8 Å². The van der Waals surface area contributed by atoms with Gasteiger partial charge in [-0.25, -0.2) is 0 Å². The first kappa shape index (κ1) is 21.1. The topological polar surface area (TPSA) is 167 Å². The van der Waals surface area contributed by atoms with Crippen LogP contribution < -0.4 is 5.73 Å². The molecule has 0 unspecified atom stereocenters. The number of ketones is 2. The highest BCUT2D eigenvalue weighted by Gasteiger charge is 2.60. The summed E-state index contributed by atoms with van der Waals surface area (Å²) in [6, 6.07) is 3.25. The van der Waals surface area contributed by atoms with E-state index in [1.807, 2.05) is 0 Å². The van der Waals surface area contributed by atoms with E-state index in [-0.39, 0.29) is 35.1 Å². The first-order valence-corrected chi connectivity index (χ1v) is 11.2. The molecule has 1 aromatic carbocycles. The molecular weight excluding hydrogens is 442 g/mol. The maximum atomic E-state index is 13.5. The summed E-state index contributed by atoms with van der Waals surface area (Å²) >= 11 is 0. The number of nitrogens with two attached hydrogens (primary N) is 1. The number of Topliss-reactive ketones (excluding diaryl/α,β-unsaturated/α-hetero) is 2. The van der Waals surface area contributed by atoms with E-state index in [2.05, 4.69) is 6.08 Å². The summed E-state index contributed by atoms with van der Waals surface area (Å²) in [5.74, 6) is -6.20. The molecule has 6 rings (SSSR count). The lowest BCUT2D eigenvalue weighted by molar-refractivity contribution is -0.147. The molecule has 9 nitrogen and oxygen atoms in total. The highest BCUT2D eigenvalue weighted by Crippen LogP contribution is 2.55. The van der Waals surface area contributed by atoms with E-state index in [0.29, 0.717) is 25.2 Å². The van der Waals surface area contributed by atoms with E-state index in [4.69, 9.17) is 10.5 Å². The molecule has 2 fully saturated rings. The molecule has 1 aliphatic heterocycles. The highest BCUT2D eigenvalue weighted by atomic mass is 16.5. The summed E-state index contributed by atoms with van der Waals surface area (Å²) in [5, 5.41) is 43.6. The third-order valence-electron chi connectivity index (χ3n) is 8.10. The second-order valence-corrected chi connectivity index (χ2v) is 10.1. The van der Waals surface area contributed by atoms with E-state index in [0.717, 1.165) is 17.6 Å². The zero-order valence-electron chi connectivity index (χ0n) is 18.1. The Morgan fingerprint density at radius 1 is 1.12 bits per heavy atom. The molecular formula is C25H23NO8. The molecule has 1 amide bonds. The van der Waals surface area contributed by atoms with Crippen molar-refractivity contribution in [3.8, 4) is 5.75 Å². The molecule has 5 aliphatic rings. The van der Waals surface area contributed by atoms with Crippen LogP contribution in [0, 0.1) is 17.3 Å². The summed E-state index contributed by atoms with van der Waals surface area (Å²) in [7, 11) is 0. The number of aliphatic hydroxyl groups excluding tert-OH is 2. The van der Waals surface area contributed by atoms with Crippen molar-refractivity contribution in [1.82, 2.24) is 0 Å². The minimum absolute atomic E-state index is 0.0551. The SMILES string of the molecule is NC(=O)C1=C(O)[C@@]2(O)C(=O)C3=C(O)c4c(O)ccc(C5=CC6(COC6)C5)c4C[C@H]3C[C@H]2CC1=O. The van der Waals surface area contributed by atoms with Gasteiger partial charge in [-0.1, -0.05) is 12.1 Å². The van der Waals surface area contributed by atoms with Crippen molar-refractivity contribution in [3.63, 3.8) is 0 Å². The molecule has 1 spiro atoms. The van der Waals surface area contributed by atoms with Gasteiger partial charge in [-0.2, -0.15) is 0 Å². The fourth-order valence-electron chi connectivity index (χ4n) is 6.36. The summed E-state index contributed by atoms with van der Waals surface area (Å²) < 4.78 is 5.32. The molecule has 9 heteroatoms. The monoisotopic (exact) mass is 465 g/mol. The van der Waals surface area contributed by atoms with Crippen LogP contribution >= 0.6 is 0 Å². The molecule has 1 heterocycles. The Hall–Kier alpha value is -3.43. The molecule has 3 atom stereocenters. The van der Waals surface area contributed by atoms with Crippen LogP contribution in [-0.2, 0) is 25.5 Å². The Kier molecular flexibility index (Phi) is 4.09. The van der Waals surface area contributed by atoms with E-state index in [1.165, 1.54) is 6.07 Å². The fourth-order valence-corrected chi connectivity index (χ4v) is 6.36. The van der Waals surface area contributed by atoms with Gasteiger partial charge in [0.05, 0.1) is 18.8 Å². The largest absolute Gasteiger partial charge is 0.508 e. The number of primary amides is 1. The van der Waals surface area contributed by atoms with Crippen molar-refractivity contribution in [2.45, 2.75) is 31.3 Å². The molecule has 1 saturated carbocycles. The normalized spacial score (nSPS) is 31.3. The maximum Gasteiger partial charge on any atom is 0.255 e. The number of hydrogen-bond donors (Lipinski definition) is 5. The molecule has 4 aliphatic carbocycles. The number of rotatable bonds is 2. The van der Waals surface area contributed by atoms with Gasteiger partial charge in [0.25, 0.3) is 5.91 Å². The van der Waals surface area contributed by atoms with Crippen LogP contribution in [0.5, 0.6) is 5.75 Å². The van der Waals surface area contributed by atoms with Crippen LogP contribution in [0.2, 0.25) is 0 Å². The number of benzene rings is 1. The van der Waals surface area contributed by atoms with Gasteiger partial charge in [-0.15, -0.1) is 0 Å². The zero-order chi connectivity index (χ0) is 24.2. The quantitative estimate of drug-likeness (QED) is 0.407. The Balaban J connectivity index is 1.49. The number of phenolic OH excluding ortho intramolecular Hbond substituents is 1. The fraction of sp³-hybridized carbons (Fsp3) is 0.400. The number of carbonyl (C=O) groups is 3. The summed E-state index contributed by atoms with van der Waals surface area (Å²) in [4.78, 5) is 37.7. The van der Waals surface area contributed by atoms with Gasteiger partial charge in [0.15, 0.2) is 11.4 Å². The van der Waals surface area contributed by atoms with Crippen molar-refractivity contribution >= 4 is 28.8 Å². The zero-order valence-corrected chi connectivity index (χ0v) is 18.1. The summed E-state index contributed by atoms with van der Waals surface area (Å²) in [5.41, 5.74) is 4.57. The first-order valence-electron chi connectivity index (χ1n) is 11.2. The van der Waals surface area contributed by atoms with Gasteiger partial charge in [-0.3, -0.25) is 14.4 Å². The molecule has 1 saturated heterocycles. The smallest absolute Gasteiger partial charge is 0.255 e. The predicted octanol–water partition coefficient (Wildman–Crippen LogP) is 1.23. The number of hydrogen-bond acceptors (Lipinski definition) is 8. The Labute approximate surface area is 193 Å². The second-order valence-electron chi connectivity index (χ2n) is 10.1. The Morgan fingerprint density at radius 3 is 2.44 bits per heavy atom. The van der Waals surface area contributed by atoms with Crippen LogP contribution in [0.15, 0.2) is 35.1 Å². The number of aliphatic hydroxyl groups is 3. The van der Waals surface area contributed by atoms with E-state index < -0.39 is 52.0 Å². The van der Waals surface area contributed by atoms with Crippen molar-refractivity contribution < 1.29 is 39.5 Å². The van der Waals surface area contributed by atoms with Gasteiger partial charge >= 0.3 is 0 Å². The van der Waals surface area contributed by atoms with Crippen molar-refractivity contribution in [2.24, 2.45) is 23.0 Å². The van der Waals surface area contributed by atoms with E-state index >= 15 is 0 Å². The number of allylic oxidation sites excluding steroid dienone is 1. The predicted molar refractivity (Wildman–Crippen MR) is 117 cm³/mol. The molecule has 0 aromatic heterocycles. The van der Waals surface area contributed by atoms with Gasteiger partial charge in [0.2, 0.25) is 5.78 Å². The number of amides is 1. The van der Waals surface area contributed by atoms with E-state index in [9.17, 15) is 34.8 Å².